The van der Waals surface area contributed by atoms with Gasteiger partial charge in [-0.25, -0.2) is 9.97 Å². The molecule has 0 fully saturated rings. The van der Waals surface area contributed by atoms with Crippen LogP contribution in [0.4, 0.5) is 11.6 Å². The summed E-state index contributed by atoms with van der Waals surface area (Å²) < 4.78 is 0. The van der Waals surface area contributed by atoms with E-state index in [-0.39, 0.29) is 0 Å². The highest BCUT2D eigenvalue weighted by Crippen LogP contribution is 2.18. The van der Waals surface area contributed by atoms with E-state index in [1.165, 1.54) is 4.88 Å². The van der Waals surface area contributed by atoms with E-state index in [0.717, 1.165) is 30.5 Å². The van der Waals surface area contributed by atoms with Gasteiger partial charge in [0.05, 0.1) is 12.1 Å². The van der Waals surface area contributed by atoms with Crippen molar-refractivity contribution in [1.82, 2.24) is 15.0 Å². The molecule has 2 rings (SSSR count). The van der Waals surface area contributed by atoms with Crippen LogP contribution < -0.4 is 10.6 Å². The minimum atomic E-state index is 0.308. The molecule has 0 saturated heterocycles. The molecule has 5 nitrogen and oxygen atoms in total. The van der Waals surface area contributed by atoms with Crippen LogP contribution in [0.15, 0.2) is 17.8 Å². The van der Waals surface area contributed by atoms with Crippen LogP contribution in [0, 0.1) is 0 Å². The van der Waals surface area contributed by atoms with Crippen LogP contribution in [0.25, 0.3) is 0 Å². The normalized spacial score (nSPS) is 10.7. The van der Waals surface area contributed by atoms with E-state index in [1.54, 1.807) is 11.3 Å². The Morgan fingerprint density at radius 3 is 2.53 bits per heavy atom. The number of anilines is 2. The predicted octanol–water partition coefficient (Wildman–Crippen LogP) is 3.10. The molecule has 0 aliphatic rings. The van der Waals surface area contributed by atoms with Crippen molar-refractivity contribution in [3.05, 3.63) is 28.5 Å². The minimum absolute atomic E-state index is 0.308. The average molecular weight is 277 g/mol. The fraction of sp³-hybridized carbons (Fsp3) is 0.462. The lowest BCUT2D eigenvalue weighted by molar-refractivity contribution is 0.775. The highest BCUT2D eigenvalue weighted by Gasteiger charge is 2.07. The fourth-order valence-electron chi connectivity index (χ4n) is 1.59. The number of rotatable bonds is 6. The second-order valence-corrected chi connectivity index (χ2v) is 5.47. The Bertz CT molecular complexity index is 510. The van der Waals surface area contributed by atoms with E-state index < -0.39 is 0 Å². The summed E-state index contributed by atoms with van der Waals surface area (Å²) in [5.41, 5.74) is 1.83. The summed E-state index contributed by atoms with van der Waals surface area (Å²) in [6.45, 7) is 7.84. The predicted molar refractivity (Wildman–Crippen MR) is 79.7 cm³/mol. The molecule has 2 heterocycles. The van der Waals surface area contributed by atoms with Gasteiger partial charge in [-0.2, -0.15) is 0 Å². The Morgan fingerprint density at radius 2 is 1.95 bits per heavy atom. The Morgan fingerprint density at radius 1 is 1.21 bits per heavy atom. The Labute approximate surface area is 117 Å². The summed E-state index contributed by atoms with van der Waals surface area (Å²) in [6.07, 6.45) is 1.87. The molecule has 2 aromatic rings. The maximum atomic E-state index is 4.54. The SMILES string of the molecule is CCNc1cc(NCc2cncs2)nc(C(C)C)n1. The van der Waals surface area contributed by atoms with Crippen LogP contribution in [-0.2, 0) is 6.54 Å². The molecule has 0 radical (unpaired) electrons. The lowest BCUT2D eigenvalue weighted by Gasteiger charge is -2.11. The third-order valence-electron chi connectivity index (χ3n) is 2.54. The van der Waals surface area contributed by atoms with E-state index in [1.807, 2.05) is 17.8 Å². The molecule has 19 heavy (non-hydrogen) atoms. The van der Waals surface area contributed by atoms with Crippen LogP contribution in [0.3, 0.4) is 0 Å². The first kappa shape index (κ1) is 13.7. The number of aromatic nitrogens is 3. The molecule has 0 atom stereocenters. The van der Waals surface area contributed by atoms with Gasteiger partial charge in [0.2, 0.25) is 0 Å². The third-order valence-corrected chi connectivity index (χ3v) is 3.32. The fourth-order valence-corrected chi connectivity index (χ4v) is 2.13. The van der Waals surface area contributed by atoms with Gasteiger partial charge >= 0.3 is 0 Å². The maximum absolute atomic E-state index is 4.54. The smallest absolute Gasteiger partial charge is 0.135 e. The molecular formula is C13H19N5S. The second kappa shape index (κ2) is 6.47. The Kier molecular flexibility index (Phi) is 4.68. The highest BCUT2D eigenvalue weighted by atomic mass is 32.1. The van der Waals surface area contributed by atoms with Crippen molar-refractivity contribution >= 4 is 23.0 Å². The van der Waals surface area contributed by atoms with E-state index in [2.05, 4.69) is 46.4 Å². The second-order valence-electron chi connectivity index (χ2n) is 4.50. The standard InChI is InChI=1S/C13H19N5S/c1-4-15-11-5-12(18-13(17-11)9(2)3)16-7-10-6-14-8-19-10/h5-6,8-9H,4,7H2,1-3H3,(H2,15,16,17,18). The largest absolute Gasteiger partial charge is 0.370 e. The van der Waals surface area contributed by atoms with Gasteiger partial charge in [-0.1, -0.05) is 13.8 Å². The van der Waals surface area contributed by atoms with Gasteiger partial charge in [0.15, 0.2) is 0 Å². The van der Waals surface area contributed by atoms with Crippen LogP contribution in [0.5, 0.6) is 0 Å². The molecule has 0 unspecified atom stereocenters. The number of thiazole rings is 1. The van der Waals surface area contributed by atoms with E-state index in [0.29, 0.717) is 5.92 Å². The highest BCUT2D eigenvalue weighted by molar-refractivity contribution is 7.09. The molecular weight excluding hydrogens is 258 g/mol. The first-order valence-corrected chi connectivity index (χ1v) is 7.31. The van der Waals surface area contributed by atoms with Gasteiger partial charge in [0.1, 0.15) is 17.5 Å². The molecule has 0 bridgehead atoms. The van der Waals surface area contributed by atoms with Crippen molar-refractivity contribution in [1.29, 1.82) is 0 Å². The van der Waals surface area contributed by atoms with Gasteiger partial charge in [-0.15, -0.1) is 11.3 Å². The average Bonchev–Trinajstić information content (AvgIpc) is 2.89. The lowest BCUT2D eigenvalue weighted by Crippen LogP contribution is -2.08. The van der Waals surface area contributed by atoms with Crippen molar-refractivity contribution in [3.8, 4) is 0 Å². The molecule has 0 amide bonds. The molecule has 2 N–H and O–H groups in total. The van der Waals surface area contributed by atoms with Gasteiger partial charge in [0, 0.05) is 29.6 Å². The molecule has 0 aromatic carbocycles. The zero-order chi connectivity index (χ0) is 13.7. The lowest BCUT2D eigenvalue weighted by atomic mass is 10.2. The summed E-state index contributed by atoms with van der Waals surface area (Å²) >= 11 is 1.63. The quantitative estimate of drug-likeness (QED) is 0.849. The monoisotopic (exact) mass is 277 g/mol. The summed E-state index contributed by atoms with van der Waals surface area (Å²) in [5, 5.41) is 6.56. The summed E-state index contributed by atoms with van der Waals surface area (Å²) in [7, 11) is 0. The molecule has 0 aliphatic heterocycles. The summed E-state index contributed by atoms with van der Waals surface area (Å²) in [6, 6.07) is 1.94. The summed E-state index contributed by atoms with van der Waals surface area (Å²) in [5.74, 6) is 2.88. The van der Waals surface area contributed by atoms with Crippen molar-refractivity contribution in [3.63, 3.8) is 0 Å². The van der Waals surface area contributed by atoms with E-state index >= 15 is 0 Å². The van der Waals surface area contributed by atoms with Crippen LogP contribution in [0.1, 0.15) is 37.4 Å². The number of nitrogens with zero attached hydrogens (tertiary/aromatic N) is 3. The first-order chi connectivity index (χ1) is 9.19. The third kappa shape index (κ3) is 3.89. The van der Waals surface area contributed by atoms with Crippen LogP contribution >= 0.6 is 11.3 Å². The number of nitrogens with one attached hydrogen (secondary N) is 2. The topological polar surface area (TPSA) is 62.7 Å². The molecule has 2 aromatic heterocycles. The number of hydrogen-bond acceptors (Lipinski definition) is 6. The summed E-state index contributed by atoms with van der Waals surface area (Å²) in [4.78, 5) is 14.3. The van der Waals surface area contributed by atoms with E-state index in [4.69, 9.17) is 0 Å². The zero-order valence-corrected chi connectivity index (χ0v) is 12.3. The van der Waals surface area contributed by atoms with Crippen molar-refractivity contribution < 1.29 is 0 Å². The van der Waals surface area contributed by atoms with Crippen molar-refractivity contribution in [2.24, 2.45) is 0 Å². The maximum Gasteiger partial charge on any atom is 0.135 e. The zero-order valence-electron chi connectivity index (χ0n) is 11.5. The Balaban J connectivity index is 2.13. The van der Waals surface area contributed by atoms with Gasteiger partial charge < -0.3 is 10.6 Å². The molecule has 0 spiro atoms. The van der Waals surface area contributed by atoms with E-state index in [9.17, 15) is 0 Å². The van der Waals surface area contributed by atoms with Crippen LogP contribution in [0.2, 0.25) is 0 Å². The van der Waals surface area contributed by atoms with Gasteiger partial charge in [-0.05, 0) is 6.92 Å². The number of hydrogen-bond donors (Lipinski definition) is 2. The minimum Gasteiger partial charge on any atom is -0.370 e. The van der Waals surface area contributed by atoms with Crippen molar-refractivity contribution in [2.45, 2.75) is 33.2 Å². The van der Waals surface area contributed by atoms with Crippen LogP contribution in [-0.4, -0.2) is 21.5 Å². The molecule has 6 heteroatoms. The molecule has 0 saturated carbocycles. The Hall–Kier alpha value is -1.69. The first-order valence-electron chi connectivity index (χ1n) is 6.43. The van der Waals surface area contributed by atoms with Crippen molar-refractivity contribution in [2.75, 3.05) is 17.2 Å². The molecule has 0 aliphatic carbocycles. The van der Waals surface area contributed by atoms with Gasteiger partial charge in [0.25, 0.3) is 0 Å². The molecule has 102 valence electrons. The van der Waals surface area contributed by atoms with Gasteiger partial charge in [-0.3, -0.25) is 4.98 Å².